The second-order valence-electron chi connectivity index (χ2n) is 7.03. The summed E-state index contributed by atoms with van der Waals surface area (Å²) in [5, 5.41) is 20.2. The Balaban J connectivity index is 1.80. The first-order valence-corrected chi connectivity index (χ1v) is 9.60. The van der Waals surface area contributed by atoms with Crippen molar-refractivity contribution >= 4 is 11.6 Å². The molecular formula is C20H17ClF2N6O2. The molecule has 2 aromatic carbocycles. The summed E-state index contributed by atoms with van der Waals surface area (Å²) in [6.07, 6.45) is 3.85. The average molecular weight is 447 g/mol. The van der Waals surface area contributed by atoms with Crippen LogP contribution in [0.1, 0.15) is 18.5 Å². The van der Waals surface area contributed by atoms with Gasteiger partial charge >= 0.3 is 5.69 Å². The molecule has 4 aromatic rings. The van der Waals surface area contributed by atoms with Crippen LogP contribution in [0, 0.1) is 11.6 Å². The van der Waals surface area contributed by atoms with Crippen molar-refractivity contribution in [3.05, 3.63) is 94.2 Å². The predicted molar refractivity (Wildman–Crippen MR) is 108 cm³/mol. The van der Waals surface area contributed by atoms with Gasteiger partial charge in [0, 0.05) is 16.7 Å². The molecule has 0 aliphatic carbocycles. The monoisotopic (exact) mass is 446 g/mol. The standard InChI is InChI=1S/C20H17ClF2N6O2/c1-13(28-12-26-29(19(28)30)16-5-2-14(21)3-6-16)20(31,9-27-11-24-10-25-27)17-7-4-15(22)8-18(17)23/h2-8,10-13,31H,9H2,1H3/t13-,20-/m1/s1. The Hall–Kier alpha value is -3.37. The largest absolute Gasteiger partial charge is 0.381 e. The van der Waals surface area contributed by atoms with Gasteiger partial charge < -0.3 is 5.11 Å². The fraction of sp³-hybridized carbons (Fsp3) is 0.200. The zero-order chi connectivity index (χ0) is 22.2. The van der Waals surface area contributed by atoms with Crippen molar-refractivity contribution < 1.29 is 13.9 Å². The van der Waals surface area contributed by atoms with Gasteiger partial charge in [-0.15, -0.1) is 0 Å². The Morgan fingerprint density at radius 2 is 1.87 bits per heavy atom. The molecular weight excluding hydrogens is 430 g/mol. The van der Waals surface area contributed by atoms with E-state index in [1.165, 1.54) is 35.2 Å². The normalized spacial score (nSPS) is 14.4. The molecule has 0 fully saturated rings. The Kier molecular flexibility index (Phi) is 5.42. The molecule has 2 aromatic heterocycles. The molecule has 0 radical (unpaired) electrons. The van der Waals surface area contributed by atoms with E-state index in [4.69, 9.17) is 11.6 Å². The van der Waals surface area contributed by atoms with Gasteiger partial charge in [-0.05, 0) is 37.3 Å². The number of halogens is 3. The first-order chi connectivity index (χ1) is 14.8. The van der Waals surface area contributed by atoms with Gasteiger partial charge in [0.05, 0.1) is 18.3 Å². The van der Waals surface area contributed by atoms with Crippen molar-refractivity contribution in [3.8, 4) is 5.69 Å². The van der Waals surface area contributed by atoms with Gasteiger partial charge in [-0.25, -0.2) is 23.2 Å². The van der Waals surface area contributed by atoms with Gasteiger partial charge in [0.1, 0.15) is 36.2 Å². The third kappa shape index (κ3) is 3.87. The molecule has 0 unspecified atom stereocenters. The van der Waals surface area contributed by atoms with Crippen LogP contribution in [0.2, 0.25) is 5.02 Å². The molecule has 0 bridgehead atoms. The lowest BCUT2D eigenvalue weighted by Crippen LogP contribution is -2.43. The number of aromatic nitrogens is 6. The maximum Gasteiger partial charge on any atom is 0.350 e. The fourth-order valence-corrected chi connectivity index (χ4v) is 3.54. The van der Waals surface area contributed by atoms with Crippen molar-refractivity contribution in [3.63, 3.8) is 0 Å². The van der Waals surface area contributed by atoms with Gasteiger partial charge in [0.15, 0.2) is 0 Å². The Labute approximate surface area is 180 Å². The molecule has 0 aliphatic heterocycles. The molecule has 0 amide bonds. The zero-order valence-electron chi connectivity index (χ0n) is 16.2. The minimum atomic E-state index is -1.98. The van der Waals surface area contributed by atoms with Crippen LogP contribution in [-0.2, 0) is 12.1 Å². The number of nitrogens with zero attached hydrogens (tertiary/aromatic N) is 6. The summed E-state index contributed by atoms with van der Waals surface area (Å²) < 4.78 is 31.8. The Morgan fingerprint density at radius 1 is 1.13 bits per heavy atom. The van der Waals surface area contributed by atoms with Crippen molar-refractivity contribution in [1.82, 2.24) is 29.1 Å². The molecule has 0 saturated heterocycles. The van der Waals surface area contributed by atoms with E-state index < -0.39 is 29.0 Å². The van der Waals surface area contributed by atoms with Crippen LogP contribution in [-0.4, -0.2) is 34.2 Å². The highest BCUT2D eigenvalue weighted by atomic mass is 35.5. The lowest BCUT2D eigenvalue weighted by molar-refractivity contribution is -0.0342. The summed E-state index contributed by atoms with van der Waals surface area (Å²) in [7, 11) is 0. The topological polar surface area (TPSA) is 90.8 Å². The first-order valence-electron chi connectivity index (χ1n) is 9.22. The zero-order valence-corrected chi connectivity index (χ0v) is 17.0. The van der Waals surface area contributed by atoms with E-state index in [0.717, 1.165) is 16.8 Å². The molecule has 8 nitrogen and oxygen atoms in total. The van der Waals surface area contributed by atoms with Gasteiger partial charge in [-0.3, -0.25) is 4.57 Å². The average Bonchev–Trinajstić information content (AvgIpc) is 3.37. The molecule has 0 saturated carbocycles. The minimum absolute atomic E-state index is 0.192. The highest BCUT2D eigenvalue weighted by Gasteiger charge is 2.41. The van der Waals surface area contributed by atoms with Gasteiger partial charge in [0.25, 0.3) is 0 Å². The SMILES string of the molecule is C[C@@H](n1cnn(-c2ccc(Cl)cc2)c1=O)[C@](O)(Cn1cncn1)c1ccc(F)cc1F. The lowest BCUT2D eigenvalue weighted by atomic mass is 9.86. The first kappa shape index (κ1) is 20.9. The molecule has 1 N–H and O–H groups in total. The molecule has 0 aliphatic rings. The van der Waals surface area contributed by atoms with Crippen LogP contribution in [0.25, 0.3) is 5.69 Å². The number of aliphatic hydroxyl groups is 1. The summed E-state index contributed by atoms with van der Waals surface area (Å²) >= 11 is 5.89. The Bertz CT molecular complexity index is 1260. The fourth-order valence-electron chi connectivity index (χ4n) is 3.41. The second-order valence-corrected chi connectivity index (χ2v) is 7.46. The molecule has 4 rings (SSSR count). The van der Waals surface area contributed by atoms with Crippen LogP contribution < -0.4 is 5.69 Å². The summed E-state index contributed by atoms with van der Waals surface area (Å²) in [6, 6.07) is 8.31. The third-order valence-corrected chi connectivity index (χ3v) is 5.39. The molecule has 160 valence electrons. The summed E-state index contributed by atoms with van der Waals surface area (Å²) in [6.45, 7) is 1.30. The molecule has 0 spiro atoms. The quantitative estimate of drug-likeness (QED) is 0.492. The van der Waals surface area contributed by atoms with Crippen LogP contribution in [0.3, 0.4) is 0 Å². The van der Waals surface area contributed by atoms with E-state index >= 15 is 0 Å². The Morgan fingerprint density at radius 3 is 2.52 bits per heavy atom. The van der Waals surface area contributed by atoms with Crippen LogP contribution in [0.4, 0.5) is 8.78 Å². The van der Waals surface area contributed by atoms with Crippen LogP contribution in [0.5, 0.6) is 0 Å². The lowest BCUT2D eigenvalue weighted by Gasteiger charge is -2.34. The van der Waals surface area contributed by atoms with Crippen molar-refractivity contribution in [2.45, 2.75) is 25.1 Å². The highest BCUT2D eigenvalue weighted by molar-refractivity contribution is 6.30. The third-order valence-electron chi connectivity index (χ3n) is 5.14. The summed E-state index contributed by atoms with van der Waals surface area (Å²) in [5.74, 6) is -1.74. The van der Waals surface area contributed by atoms with Crippen LogP contribution in [0.15, 0.2) is 66.2 Å². The summed E-state index contributed by atoms with van der Waals surface area (Å²) in [5.41, 5.74) is -2.27. The van der Waals surface area contributed by atoms with Gasteiger partial charge in [-0.2, -0.15) is 14.9 Å². The molecule has 11 heteroatoms. The van der Waals surface area contributed by atoms with Crippen molar-refractivity contribution in [2.75, 3.05) is 0 Å². The molecule has 31 heavy (non-hydrogen) atoms. The molecule has 2 atom stereocenters. The smallest absolute Gasteiger partial charge is 0.350 e. The summed E-state index contributed by atoms with van der Waals surface area (Å²) in [4.78, 5) is 16.9. The van der Waals surface area contributed by atoms with Gasteiger partial charge in [0.2, 0.25) is 0 Å². The number of rotatable bonds is 6. The highest BCUT2D eigenvalue weighted by Crippen LogP contribution is 2.36. The maximum absolute atomic E-state index is 14.7. The van der Waals surface area contributed by atoms with E-state index in [2.05, 4.69) is 15.2 Å². The van der Waals surface area contributed by atoms with E-state index in [0.29, 0.717) is 16.8 Å². The van der Waals surface area contributed by atoms with Crippen LogP contribution >= 0.6 is 11.6 Å². The van der Waals surface area contributed by atoms with E-state index in [1.54, 1.807) is 24.3 Å². The van der Waals surface area contributed by atoms with Crippen molar-refractivity contribution in [2.24, 2.45) is 0 Å². The van der Waals surface area contributed by atoms with Gasteiger partial charge in [-0.1, -0.05) is 17.7 Å². The second kappa shape index (κ2) is 8.05. The van der Waals surface area contributed by atoms with E-state index in [1.807, 2.05) is 0 Å². The van der Waals surface area contributed by atoms with E-state index in [9.17, 15) is 18.7 Å². The minimum Gasteiger partial charge on any atom is -0.381 e. The van der Waals surface area contributed by atoms with E-state index in [-0.39, 0.29) is 12.1 Å². The molecule has 2 heterocycles. The van der Waals surface area contributed by atoms with Crippen molar-refractivity contribution in [1.29, 1.82) is 0 Å². The number of hydrogen-bond acceptors (Lipinski definition) is 5. The maximum atomic E-state index is 14.7. The number of benzene rings is 2. The number of hydrogen-bond donors (Lipinski definition) is 1. The predicted octanol–water partition coefficient (Wildman–Crippen LogP) is 2.71.